The van der Waals surface area contributed by atoms with Gasteiger partial charge in [-0.2, -0.15) is 0 Å². The zero-order valence-corrected chi connectivity index (χ0v) is 54.5. The Bertz CT molecular complexity index is 1550. The number of rotatable bonds is 65. The van der Waals surface area contributed by atoms with Gasteiger partial charge in [-0.25, -0.2) is 0 Å². The van der Waals surface area contributed by atoms with Gasteiger partial charge in [0.15, 0.2) is 6.10 Å². The topological polar surface area (TPSA) is 78.9 Å². The molecule has 0 N–H and O–H groups in total. The molecule has 474 valence electrons. The van der Waals surface area contributed by atoms with Crippen molar-refractivity contribution in [2.45, 2.75) is 367 Å². The van der Waals surface area contributed by atoms with E-state index in [-0.39, 0.29) is 31.1 Å². The van der Waals surface area contributed by atoms with Crippen LogP contribution in [0.15, 0.2) is 85.1 Å². The van der Waals surface area contributed by atoms with E-state index in [2.05, 4.69) is 106 Å². The predicted molar refractivity (Wildman–Crippen MR) is 358 cm³/mol. The number of esters is 3. The SMILES string of the molecule is CC/C=C\C/C=C\C/C=C\C/C=C\C/C=C\CCCCCC(=O)OCC(COC(=O)CCCCCCCCCCCCCCCCCCCCCCCCCC)OC(=O)CCCCCCCCCCC/C=C\C/C=C\CCCCCCC. The van der Waals surface area contributed by atoms with Crippen LogP contribution >= 0.6 is 0 Å². The first-order valence-corrected chi connectivity index (χ1v) is 35.6. The average Bonchev–Trinajstić information content (AvgIpc) is 3.47. The van der Waals surface area contributed by atoms with E-state index < -0.39 is 6.10 Å². The van der Waals surface area contributed by atoms with Crippen LogP contribution in [0.3, 0.4) is 0 Å². The molecule has 0 spiro atoms. The molecule has 0 aliphatic rings. The minimum Gasteiger partial charge on any atom is -0.462 e. The van der Waals surface area contributed by atoms with Crippen molar-refractivity contribution in [2.75, 3.05) is 13.2 Å². The highest BCUT2D eigenvalue weighted by molar-refractivity contribution is 5.71. The zero-order valence-electron chi connectivity index (χ0n) is 54.5. The maximum absolute atomic E-state index is 13.0. The molecule has 82 heavy (non-hydrogen) atoms. The van der Waals surface area contributed by atoms with Crippen molar-refractivity contribution in [3.63, 3.8) is 0 Å². The summed E-state index contributed by atoms with van der Waals surface area (Å²) < 4.78 is 17.0. The van der Waals surface area contributed by atoms with Crippen LogP contribution in [0.25, 0.3) is 0 Å². The van der Waals surface area contributed by atoms with E-state index in [1.165, 1.54) is 218 Å². The highest BCUT2D eigenvalue weighted by atomic mass is 16.6. The van der Waals surface area contributed by atoms with E-state index in [4.69, 9.17) is 14.2 Å². The largest absolute Gasteiger partial charge is 0.462 e. The van der Waals surface area contributed by atoms with E-state index >= 15 is 0 Å². The molecule has 0 aromatic heterocycles. The van der Waals surface area contributed by atoms with Crippen LogP contribution in [0.5, 0.6) is 0 Å². The van der Waals surface area contributed by atoms with Crippen molar-refractivity contribution in [1.82, 2.24) is 0 Å². The molecule has 0 amide bonds. The first-order chi connectivity index (χ1) is 40.5. The van der Waals surface area contributed by atoms with E-state index in [9.17, 15) is 14.4 Å². The normalized spacial score (nSPS) is 12.6. The summed E-state index contributed by atoms with van der Waals surface area (Å²) in [5, 5.41) is 0. The van der Waals surface area contributed by atoms with Crippen LogP contribution in [-0.4, -0.2) is 37.2 Å². The van der Waals surface area contributed by atoms with Crippen LogP contribution in [-0.2, 0) is 28.6 Å². The van der Waals surface area contributed by atoms with E-state index in [0.717, 1.165) is 103 Å². The summed E-state index contributed by atoms with van der Waals surface area (Å²) in [5.74, 6) is -0.904. The number of allylic oxidation sites excluding steroid dienone is 14. The van der Waals surface area contributed by atoms with E-state index in [1.54, 1.807) is 0 Å². The lowest BCUT2D eigenvalue weighted by Gasteiger charge is -2.18. The molecule has 0 heterocycles. The summed E-state index contributed by atoms with van der Waals surface area (Å²) >= 11 is 0. The van der Waals surface area contributed by atoms with Crippen molar-refractivity contribution < 1.29 is 28.6 Å². The molecule has 0 aromatic rings. The van der Waals surface area contributed by atoms with Gasteiger partial charge < -0.3 is 14.2 Å². The van der Waals surface area contributed by atoms with Gasteiger partial charge in [0.25, 0.3) is 0 Å². The van der Waals surface area contributed by atoms with Crippen LogP contribution in [0.1, 0.15) is 361 Å². The average molecular weight is 1140 g/mol. The molecule has 0 bridgehead atoms. The lowest BCUT2D eigenvalue weighted by atomic mass is 10.0. The molecule has 0 aliphatic carbocycles. The van der Waals surface area contributed by atoms with Gasteiger partial charge in [-0.3, -0.25) is 14.4 Å². The number of hydrogen-bond acceptors (Lipinski definition) is 6. The summed E-state index contributed by atoms with van der Waals surface area (Å²) in [6.07, 6.45) is 93.2. The van der Waals surface area contributed by atoms with Gasteiger partial charge in [0.1, 0.15) is 13.2 Å². The molecular formula is C76H134O6. The van der Waals surface area contributed by atoms with Gasteiger partial charge in [-0.05, 0) is 96.3 Å². The number of hydrogen-bond donors (Lipinski definition) is 0. The quantitative estimate of drug-likeness (QED) is 0.0261. The van der Waals surface area contributed by atoms with E-state index in [1.807, 2.05) is 0 Å². The summed E-state index contributed by atoms with van der Waals surface area (Å²) in [6.45, 7) is 6.54. The van der Waals surface area contributed by atoms with Gasteiger partial charge >= 0.3 is 17.9 Å². The molecule has 0 rings (SSSR count). The van der Waals surface area contributed by atoms with Crippen LogP contribution in [0.4, 0.5) is 0 Å². The second-order valence-electron chi connectivity index (χ2n) is 23.8. The minimum atomic E-state index is -0.794. The Balaban J connectivity index is 4.38. The molecule has 0 aliphatic heterocycles. The Morgan fingerprint density at radius 1 is 0.256 bits per heavy atom. The minimum absolute atomic E-state index is 0.0859. The van der Waals surface area contributed by atoms with Crippen LogP contribution in [0, 0.1) is 0 Å². The van der Waals surface area contributed by atoms with Gasteiger partial charge in [-0.15, -0.1) is 0 Å². The third kappa shape index (κ3) is 67.4. The second-order valence-corrected chi connectivity index (χ2v) is 23.8. The second kappa shape index (κ2) is 70.1. The Hall–Kier alpha value is -3.41. The molecule has 0 aromatic carbocycles. The number of carbonyl (C=O) groups excluding carboxylic acids is 3. The Labute approximate surface area is 509 Å². The zero-order chi connectivity index (χ0) is 59.2. The van der Waals surface area contributed by atoms with Gasteiger partial charge in [0, 0.05) is 19.3 Å². The van der Waals surface area contributed by atoms with Crippen molar-refractivity contribution in [3.8, 4) is 0 Å². The van der Waals surface area contributed by atoms with Crippen molar-refractivity contribution >= 4 is 17.9 Å². The molecule has 6 nitrogen and oxygen atoms in total. The van der Waals surface area contributed by atoms with Crippen molar-refractivity contribution in [2.24, 2.45) is 0 Å². The molecule has 0 saturated heterocycles. The molecule has 0 saturated carbocycles. The molecule has 6 heteroatoms. The third-order valence-corrected chi connectivity index (χ3v) is 15.6. The lowest BCUT2D eigenvalue weighted by Crippen LogP contribution is -2.30. The standard InChI is InChI=1S/C76H134O6/c1-4-7-10-13-16-19-22-25-28-31-34-36-37-38-40-42-45-48-51-54-57-60-63-66-69-75(78)81-72-73(71-80-74(77)68-65-62-59-56-53-50-47-44-41-33-30-27-24-21-18-15-12-9-6-3)82-76(79)70-67-64-61-58-55-52-49-46-43-39-35-32-29-26-23-20-17-14-11-8-5-2/h9,12,18,21,23,26-27,30,32,35,41,44,50,53,73H,4-8,10-11,13-17,19-20,22,24-25,28-29,31,33-34,36-40,42-43,45-49,51-52,54-72H2,1-3H3/b12-9-,21-18-,26-23-,30-27-,35-32-,44-41-,53-50-. The number of carbonyl (C=O) groups is 3. The first-order valence-electron chi connectivity index (χ1n) is 35.6. The molecule has 0 radical (unpaired) electrons. The maximum Gasteiger partial charge on any atom is 0.306 e. The molecular weight excluding hydrogens is 1010 g/mol. The highest BCUT2D eigenvalue weighted by Gasteiger charge is 2.19. The fraction of sp³-hybridized carbons (Fsp3) is 0.776. The van der Waals surface area contributed by atoms with Gasteiger partial charge in [0.05, 0.1) is 0 Å². The van der Waals surface area contributed by atoms with E-state index in [0.29, 0.717) is 19.3 Å². The summed E-state index contributed by atoms with van der Waals surface area (Å²) in [7, 11) is 0. The van der Waals surface area contributed by atoms with Crippen LogP contribution in [0.2, 0.25) is 0 Å². The monoisotopic (exact) mass is 1140 g/mol. The first kappa shape index (κ1) is 78.6. The maximum atomic E-state index is 13.0. The Morgan fingerprint density at radius 2 is 0.476 bits per heavy atom. The van der Waals surface area contributed by atoms with Crippen molar-refractivity contribution in [3.05, 3.63) is 85.1 Å². The number of unbranched alkanes of at least 4 members (excludes halogenated alkanes) is 40. The number of ether oxygens (including phenoxy) is 3. The molecule has 1 atom stereocenters. The van der Waals surface area contributed by atoms with Crippen molar-refractivity contribution in [1.29, 1.82) is 0 Å². The summed E-state index contributed by atoms with van der Waals surface area (Å²) in [5.41, 5.74) is 0. The van der Waals surface area contributed by atoms with Crippen LogP contribution < -0.4 is 0 Å². The summed E-state index contributed by atoms with van der Waals surface area (Å²) in [6, 6.07) is 0. The predicted octanol–water partition coefficient (Wildman–Crippen LogP) is 24.6. The summed E-state index contributed by atoms with van der Waals surface area (Å²) in [4.78, 5) is 38.5. The highest BCUT2D eigenvalue weighted by Crippen LogP contribution is 2.18. The molecule has 1 unspecified atom stereocenters. The fourth-order valence-electron chi connectivity index (χ4n) is 10.3. The third-order valence-electron chi connectivity index (χ3n) is 15.6. The fourth-order valence-corrected chi connectivity index (χ4v) is 10.3. The Kier molecular flexibility index (Phi) is 67.2. The molecule has 0 fully saturated rings. The Morgan fingerprint density at radius 3 is 0.756 bits per heavy atom. The van der Waals surface area contributed by atoms with Gasteiger partial charge in [0.2, 0.25) is 0 Å². The van der Waals surface area contributed by atoms with Gasteiger partial charge in [-0.1, -0.05) is 331 Å². The lowest BCUT2D eigenvalue weighted by molar-refractivity contribution is -0.167. The smallest absolute Gasteiger partial charge is 0.306 e.